The number of hydrogen-bond donors (Lipinski definition) is 1. The maximum absolute atomic E-state index is 5.33. The van der Waals surface area contributed by atoms with Crippen molar-refractivity contribution in [2.75, 3.05) is 12.4 Å². The molecule has 3 nitrogen and oxygen atoms in total. The Kier molecular flexibility index (Phi) is 4.22. The summed E-state index contributed by atoms with van der Waals surface area (Å²) < 4.78 is 6.38. The summed E-state index contributed by atoms with van der Waals surface area (Å²) in [7, 11) is 1.66. The van der Waals surface area contributed by atoms with Crippen molar-refractivity contribution >= 4 is 38.1 Å². The average Bonchev–Trinajstić information content (AvgIpc) is 2.96. The second kappa shape index (κ2) is 6.28. The van der Waals surface area contributed by atoms with Gasteiger partial charge in [-0.2, -0.15) is 0 Å². The van der Waals surface area contributed by atoms with Gasteiger partial charge in [0.2, 0.25) is 0 Å². The van der Waals surface area contributed by atoms with E-state index >= 15 is 0 Å². The fourth-order valence-electron chi connectivity index (χ4n) is 1.97. The van der Waals surface area contributed by atoms with Crippen LogP contribution < -0.4 is 10.1 Å². The summed E-state index contributed by atoms with van der Waals surface area (Å²) in [5.41, 5.74) is 2.96. The second-order valence-corrected chi connectivity index (χ2v) is 6.15. The van der Waals surface area contributed by atoms with E-state index in [1.54, 1.807) is 18.4 Å². The normalized spacial score (nSPS) is 10.4. The maximum Gasteiger partial charge on any atom is 0.187 e. The van der Waals surface area contributed by atoms with E-state index in [1.165, 1.54) is 0 Å². The van der Waals surface area contributed by atoms with E-state index in [4.69, 9.17) is 4.74 Å². The minimum Gasteiger partial charge on any atom is -0.495 e. The van der Waals surface area contributed by atoms with Crippen LogP contribution in [0.1, 0.15) is 0 Å². The first kappa shape index (κ1) is 14.1. The minimum atomic E-state index is 0.803. The van der Waals surface area contributed by atoms with E-state index in [9.17, 15) is 0 Å². The van der Waals surface area contributed by atoms with E-state index in [0.29, 0.717) is 0 Å². The van der Waals surface area contributed by atoms with E-state index in [-0.39, 0.29) is 0 Å². The summed E-state index contributed by atoms with van der Waals surface area (Å²) in [4.78, 5) is 4.62. The maximum atomic E-state index is 5.33. The van der Waals surface area contributed by atoms with Crippen molar-refractivity contribution in [2.24, 2.45) is 0 Å². The molecule has 0 fully saturated rings. The van der Waals surface area contributed by atoms with Crippen LogP contribution >= 0.6 is 27.3 Å². The molecule has 3 rings (SSSR count). The molecule has 0 unspecified atom stereocenters. The standard InChI is InChI=1S/C16H13BrN2OS/c1-20-15-8-3-2-7-13(15)18-16-19-14(10-21-16)11-5-4-6-12(17)9-11/h2-10H,1H3,(H,18,19). The first-order valence-electron chi connectivity index (χ1n) is 6.38. The molecule has 0 saturated heterocycles. The zero-order chi connectivity index (χ0) is 14.7. The van der Waals surface area contributed by atoms with E-state index in [2.05, 4.69) is 32.3 Å². The third-order valence-corrected chi connectivity index (χ3v) is 4.22. The van der Waals surface area contributed by atoms with Gasteiger partial charge in [0.05, 0.1) is 18.5 Å². The van der Waals surface area contributed by atoms with Crippen molar-refractivity contribution in [1.82, 2.24) is 4.98 Å². The average molecular weight is 361 g/mol. The van der Waals surface area contributed by atoms with Crippen molar-refractivity contribution in [3.8, 4) is 17.0 Å². The zero-order valence-corrected chi connectivity index (χ0v) is 13.7. The summed E-state index contributed by atoms with van der Waals surface area (Å²) in [5.74, 6) is 0.803. The largest absolute Gasteiger partial charge is 0.495 e. The molecule has 0 saturated carbocycles. The number of para-hydroxylation sites is 2. The molecule has 0 bridgehead atoms. The number of benzene rings is 2. The van der Waals surface area contributed by atoms with Gasteiger partial charge in [-0.25, -0.2) is 4.98 Å². The topological polar surface area (TPSA) is 34.1 Å². The number of nitrogens with one attached hydrogen (secondary N) is 1. The minimum absolute atomic E-state index is 0.803. The fourth-order valence-corrected chi connectivity index (χ4v) is 3.11. The van der Waals surface area contributed by atoms with Crippen LogP contribution in [0.25, 0.3) is 11.3 Å². The number of hydrogen-bond acceptors (Lipinski definition) is 4. The molecule has 0 radical (unpaired) electrons. The molecule has 0 amide bonds. The molecular formula is C16H13BrN2OS. The van der Waals surface area contributed by atoms with Crippen LogP contribution in [-0.4, -0.2) is 12.1 Å². The van der Waals surface area contributed by atoms with Crippen molar-refractivity contribution < 1.29 is 4.74 Å². The summed E-state index contributed by atoms with van der Waals surface area (Å²) >= 11 is 5.05. The van der Waals surface area contributed by atoms with Gasteiger partial charge < -0.3 is 10.1 Å². The number of aromatic nitrogens is 1. The lowest BCUT2D eigenvalue weighted by Crippen LogP contribution is -1.93. The molecule has 0 aliphatic rings. The van der Waals surface area contributed by atoms with Gasteiger partial charge in [-0.15, -0.1) is 11.3 Å². The van der Waals surface area contributed by atoms with Gasteiger partial charge in [0.1, 0.15) is 5.75 Å². The second-order valence-electron chi connectivity index (χ2n) is 4.37. The Bertz CT molecular complexity index is 757. The third kappa shape index (κ3) is 3.25. The molecule has 106 valence electrons. The Labute approximate surface area is 135 Å². The smallest absolute Gasteiger partial charge is 0.187 e. The molecule has 0 aliphatic carbocycles. The van der Waals surface area contributed by atoms with Crippen molar-refractivity contribution in [2.45, 2.75) is 0 Å². The highest BCUT2D eigenvalue weighted by molar-refractivity contribution is 9.10. The number of methoxy groups -OCH3 is 1. The Hall–Kier alpha value is -1.85. The van der Waals surface area contributed by atoms with Crippen LogP contribution in [0.15, 0.2) is 58.4 Å². The molecule has 1 heterocycles. The number of nitrogens with zero attached hydrogens (tertiary/aromatic N) is 1. The summed E-state index contributed by atoms with van der Waals surface area (Å²) in [6, 6.07) is 15.9. The molecule has 3 aromatic rings. The van der Waals surface area contributed by atoms with Crippen molar-refractivity contribution in [3.63, 3.8) is 0 Å². The molecule has 2 aromatic carbocycles. The van der Waals surface area contributed by atoms with Gasteiger partial charge in [0, 0.05) is 15.4 Å². The molecule has 1 aromatic heterocycles. The van der Waals surface area contributed by atoms with Crippen molar-refractivity contribution in [1.29, 1.82) is 0 Å². The molecule has 0 atom stereocenters. The molecule has 5 heteroatoms. The quantitative estimate of drug-likeness (QED) is 0.683. The highest BCUT2D eigenvalue weighted by Crippen LogP contribution is 2.31. The zero-order valence-electron chi connectivity index (χ0n) is 11.3. The van der Waals surface area contributed by atoms with Crippen LogP contribution in [0.2, 0.25) is 0 Å². The Morgan fingerprint density at radius 1 is 1.14 bits per heavy atom. The van der Waals surface area contributed by atoms with E-state index < -0.39 is 0 Å². The van der Waals surface area contributed by atoms with Gasteiger partial charge >= 0.3 is 0 Å². The van der Waals surface area contributed by atoms with Crippen molar-refractivity contribution in [3.05, 3.63) is 58.4 Å². The number of rotatable bonds is 4. The fraction of sp³-hybridized carbons (Fsp3) is 0.0625. The van der Waals surface area contributed by atoms with Crippen LogP contribution in [0, 0.1) is 0 Å². The first-order chi connectivity index (χ1) is 10.3. The molecule has 1 N–H and O–H groups in total. The molecular weight excluding hydrogens is 348 g/mol. The monoisotopic (exact) mass is 360 g/mol. The lowest BCUT2D eigenvalue weighted by molar-refractivity contribution is 0.417. The number of thiazole rings is 1. The van der Waals surface area contributed by atoms with Crippen LogP contribution in [0.3, 0.4) is 0 Å². The number of anilines is 2. The summed E-state index contributed by atoms with van der Waals surface area (Å²) in [6.07, 6.45) is 0. The predicted octanol–water partition coefficient (Wildman–Crippen LogP) is 5.32. The Morgan fingerprint density at radius 2 is 2.00 bits per heavy atom. The lowest BCUT2D eigenvalue weighted by atomic mass is 10.2. The van der Waals surface area contributed by atoms with Crippen LogP contribution in [-0.2, 0) is 0 Å². The Morgan fingerprint density at radius 3 is 2.81 bits per heavy atom. The van der Waals surface area contributed by atoms with Crippen LogP contribution in [0.5, 0.6) is 5.75 Å². The molecule has 0 spiro atoms. The molecule has 0 aliphatic heterocycles. The Balaban J connectivity index is 1.85. The predicted molar refractivity (Wildman–Crippen MR) is 91.5 cm³/mol. The SMILES string of the molecule is COc1ccccc1Nc1nc(-c2cccc(Br)c2)cs1. The molecule has 21 heavy (non-hydrogen) atoms. The van der Waals surface area contributed by atoms with Crippen LogP contribution in [0.4, 0.5) is 10.8 Å². The van der Waals surface area contributed by atoms with Gasteiger partial charge in [-0.3, -0.25) is 0 Å². The number of ether oxygens (including phenoxy) is 1. The highest BCUT2D eigenvalue weighted by atomic mass is 79.9. The van der Waals surface area contributed by atoms with Gasteiger partial charge in [0.25, 0.3) is 0 Å². The van der Waals surface area contributed by atoms with Gasteiger partial charge in [-0.05, 0) is 24.3 Å². The first-order valence-corrected chi connectivity index (χ1v) is 8.05. The highest BCUT2D eigenvalue weighted by Gasteiger charge is 2.07. The van der Waals surface area contributed by atoms with Gasteiger partial charge in [-0.1, -0.05) is 40.2 Å². The van der Waals surface area contributed by atoms with E-state index in [1.807, 2.05) is 47.8 Å². The van der Waals surface area contributed by atoms with Gasteiger partial charge in [0.15, 0.2) is 5.13 Å². The number of halogens is 1. The van der Waals surface area contributed by atoms with E-state index in [0.717, 1.165) is 32.3 Å². The summed E-state index contributed by atoms with van der Waals surface area (Å²) in [6.45, 7) is 0. The third-order valence-electron chi connectivity index (χ3n) is 2.97. The summed E-state index contributed by atoms with van der Waals surface area (Å²) in [5, 5.41) is 6.18. The lowest BCUT2D eigenvalue weighted by Gasteiger charge is -2.08.